The molecule has 8 heteroatoms. The van der Waals surface area contributed by atoms with Gasteiger partial charge in [0.15, 0.2) is 5.69 Å². The third-order valence-corrected chi connectivity index (χ3v) is 5.44. The Morgan fingerprint density at radius 2 is 1.93 bits per heavy atom. The van der Waals surface area contributed by atoms with Crippen LogP contribution in [0, 0.1) is 5.82 Å². The zero-order valence-electron chi connectivity index (χ0n) is 15.1. The van der Waals surface area contributed by atoms with Crippen LogP contribution in [-0.2, 0) is 4.74 Å². The normalized spacial score (nSPS) is 26.1. The van der Waals surface area contributed by atoms with Crippen molar-refractivity contribution in [2.45, 2.75) is 43.9 Å². The lowest BCUT2D eigenvalue weighted by atomic mass is 9.92. The van der Waals surface area contributed by atoms with Crippen molar-refractivity contribution in [2.75, 3.05) is 19.7 Å². The van der Waals surface area contributed by atoms with Gasteiger partial charge in [0.1, 0.15) is 11.9 Å². The van der Waals surface area contributed by atoms with E-state index in [-0.39, 0.29) is 29.9 Å². The van der Waals surface area contributed by atoms with E-state index >= 15 is 0 Å². The maximum Gasteiger partial charge on any atom is 0.276 e. The van der Waals surface area contributed by atoms with Gasteiger partial charge in [0.2, 0.25) is 0 Å². The standard InChI is InChI=1S/C19H24FN5O2/c20-14-3-1-13(2-4-14)18-12-24(9-10-27-18)19(26)17-11-25(23-22-17)16-7-5-15(21)6-8-16/h1-4,11,15-16,18H,5-10,12,21H2/t15?,16?,18-/m0/s1. The van der Waals surface area contributed by atoms with Gasteiger partial charge in [0, 0.05) is 12.6 Å². The minimum absolute atomic E-state index is 0.149. The quantitative estimate of drug-likeness (QED) is 0.890. The minimum Gasteiger partial charge on any atom is -0.370 e. The molecular formula is C19H24FN5O2. The Balaban J connectivity index is 1.42. The zero-order valence-corrected chi connectivity index (χ0v) is 15.1. The number of aromatic nitrogens is 3. The molecule has 2 heterocycles. The van der Waals surface area contributed by atoms with Crippen LogP contribution < -0.4 is 5.73 Å². The first-order valence-electron chi connectivity index (χ1n) is 9.44. The number of ether oxygens (including phenoxy) is 1. The van der Waals surface area contributed by atoms with Crippen molar-refractivity contribution in [3.05, 3.63) is 47.5 Å². The highest BCUT2D eigenvalue weighted by Crippen LogP contribution is 2.27. The average Bonchev–Trinajstić information content (AvgIpc) is 3.19. The molecule has 2 fully saturated rings. The summed E-state index contributed by atoms with van der Waals surface area (Å²) in [6.07, 6.45) is 5.34. The average molecular weight is 373 g/mol. The third kappa shape index (κ3) is 4.01. The Hall–Kier alpha value is -2.32. The van der Waals surface area contributed by atoms with Crippen molar-refractivity contribution < 1.29 is 13.9 Å². The van der Waals surface area contributed by atoms with E-state index in [2.05, 4.69) is 10.3 Å². The molecule has 1 saturated carbocycles. The molecule has 1 aliphatic carbocycles. The first-order chi connectivity index (χ1) is 13.1. The van der Waals surface area contributed by atoms with Gasteiger partial charge in [-0.3, -0.25) is 4.79 Å². The molecule has 0 spiro atoms. The van der Waals surface area contributed by atoms with Crippen molar-refractivity contribution >= 4 is 5.91 Å². The fourth-order valence-corrected chi connectivity index (χ4v) is 3.79. The van der Waals surface area contributed by atoms with Crippen molar-refractivity contribution in [3.63, 3.8) is 0 Å². The Morgan fingerprint density at radius 3 is 2.67 bits per heavy atom. The monoisotopic (exact) mass is 373 g/mol. The van der Waals surface area contributed by atoms with Gasteiger partial charge < -0.3 is 15.4 Å². The Kier molecular flexibility index (Phi) is 5.18. The predicted molar refractivity (Wildman–Crippen MR) is 96.5 cm³/mol. The largest absolute Gasteiger partial charge is 0.370 e. The van der Waals surface area contributed by atoms with Crippen LogP contribution in [0.4, 0.5) is 4.39 Å². The molecule has 1 aromatic heterocycles. The second-order valence-corrected chi connectivity index (χ2v) is 7.31. The predicted octanol–water partition coefficient (Wildman–Crippen LogP) is 2.07. The molecule has 1 saturated heterocycles. The number of morpholine rings is 1. The van der Waals surface area contributed by atoms with Crippen molar-refractivity contribution in [3.8, 4) is 0 Å². The first kappa shape index (κ1) is 18.1. The van der Waals surface area contributed by atoms with E-state index in [4.69, 9.17) is 10.5 Å². The lowest BCUT2D eigenvalue weighted by Gasteiger charge is -2.32. The third-order valence-electron chi connectivity index (χ3n) is 5.44. The van der Waals surface area contributed by atoms with E-state index in [0.717, 1.165) is 31.2 Å². The molecule has 2 aliphatic rings. The molecule has 1 aliphatic heterocycles. The maximum absolute atomic E-state index is 13.1. The van der Waals surface area contributed by atoms with Gasteiger partial charge in [-0.25, -0.2) is 9.07 Å². The van der Waals surface area contributed by atoms with Crippen LogP contribution in [0.15, 0.2) is 30.5 Å². The number of nitrogens with two attached hydrogens (primary N) is 1. The van der Waals surface area contributed by atoms with Crippen LogP contribution in [0.3, 0.4) is 0 Å². The van der Waals surface area contributed by atoms with Gasteiger partial charge in [0.05, 0.1) is 25.4 Å². The summed E-state index contributed by atoms with van der Waals surface area (Å²) in [5.41, 5.74) is 7.17. The van der Waals surface area contributed by atoms with Gasteiger partial charge in [-0.2, -0.15) is 0 Å². The minimum atomic E-state index is -0.289. The summed E-state index contributed by atoms with van der Waals surface area (Å²) in [4.78, 5) is 14.6. The fraction of sp³-hybridized carbons (Fsp3) is 0.526. The van der Waals surface area contributed by atoms with Crippen LogP contribution in [0.1, 0.15) is 53.9 Å². The van der Waals surface area contributed by atoms with E-state index in [0.29, 0.717) is 25.4 Å². The molecule has 4 rings (SSSR count). The second kappa shape index (κ2) is 7.74. The second-order valence-electron chi connectivity index (χ2n) is 7.31. The van der Waals surface area contributed by atoms with Crippen LogP contribution in [0.25, 0.3) is 0 Å². The molecule has 1 aromatic carbocycles. The highest BCUT2D eigenvalue weighted by molar-refractivity contribution is 5.92. The van der Waals surface area contributed by atoms with Crippen LogP contribution in [0.2, 0.25) is 0 Å². The van der Waals surface area contributed by atoms with E-state index in [1.54, 1.807) is 27.9 Å². The summed E-state index contributed by atoms with van der Waals surface area (Å²) in [6.45, 7) is 1.35. The number of halogens is 1. The van der Waals surface area contributed by atoms with Gasteiger partial charge in [-0.05, 0) is 43.4 Å². The SMILES string of the molecule is NC1CCC(n2cc(C(=O)N3CCO[C@H](c4ccc(F)cc4)C3)nn2)CC1. The number of hydrogen-bond donors (Lipinski definition) is 1. The molecule has 1 atom stereocenters. The molecule has 0 radical (unpaired) electrons. The summed E-state index contributed by atoms with van der Waals surface area (Å²) >= 11 is 0. The van der Waals surface area contributed by atoms with Crippen LogP contribution in [0.5, 0.6) is 0 Å². The Labute approximate surface area is 157 Å². The molecule has 1 amide bonds. The number of nitrogens with zero attached hydrogens (tertiary/aromatic N) is 4. The molecule has 2 aromatic rings. The first-order valence-corrected chi connectivity index (χ1v) is 9.44. The summed E-state index contributed by atoms with van der Waals surface area (Å²) in [5, 5.41) is 8.27. The topological polar surface area (TPSA) is 86.3 Å². The lowest BCUT2D eigenvalue weighted by molar-refractivity contribution is -0.0230. The zero-order chi connectivity index (χ0) is 18.8. The number of amides is 1. The number of carbonyl (C=O) groups excluding carboxylic acids is 1. The number of carbonyl (C=O) groups is 1. The Morgan fingerprint density at radius 1 is 1.19 bits per heavy atom. The lowest BCUT2D eigenvalue weighted by Crippen LogP contribution is -2.42. The van der Waals surface area contributed by atoms with Gasteiger partial charge >= 0.3 is 0 Å². The smallest absolute Gasteiger partial charge is 0.276 e. The number of rotatable bonds is 3. The van der Waals surface area contributed by atoms with Crippen molar-refractivity contribution in [1.82, 2.24) is 19.9 Å². The summed E-state index contributed by atoms with van der Waals surface area (Å²) in [5.74, 6) is -0.438. The van der Waals surface area contributed by atoms with E-state index in [9.17, 15) is 9.18 Å². The molecular weight excluding hydrogens is 349 g/mol. The van der Waals surface area contributed by atoms with Gasteiger partial charge in [0.25, 0.3) is 5.91 Å². The van der Waals surface area contributed by atoms with Crippen LogP contribution in [-0.4, -0.2) is 51.5 Å². The Bertz CT molecular complexity index is 786. The van der Waals surface area contributed by atoms with E-state index in [1.807, 2.05) is 0 Å². The molecule has 7 nitrogen and oxygen atoms in total. The summed E-state index contributed by atoms with van der Waals surface area (Å²) in [6, 6.07) is 6.72. The molecule has 144 valence electrons. The van der Waals surface area contributed by atoms with E-state index in [1.165, 1.54) is 12.1 Å². The molecule has 2 N–H and O–H groups in total. The highest BCUT2D eigenvalue weighted by atomic mass is 19.1. The maximum atomic E-state index is 13.1. The van der Waals surface area contributed by atoms with E-state index < -0.39 is 0 Å². The van der Waals surface area contributed by atoms with Crippen LogP contribution >= 0.6 is 0 Å². The van der Waals surface area contributed by atoms with Crippen molar-refractivity contribution in [1.29, 1.82) is 0 Å². The summed E-state index contributed by atoms with van der Waals surface area (Å²) < 4.78 is 20.7. The van der Waals surface area contributed by atoms with Gasteiger partial charge in [-0.1, -0.05) is 17.3 Å². The molecule has 0 unspecified atom stereocenters. The fourth-order valence-electron chi connectivity index (χ4n) is 3.79. The van der Waals surface area contributed by atoms with Crippen molar-refractivity contribution in [2.24, 2.45) is 5.73 Å². The number of hydrogen-bond acceptors (Lipinski definition) is 5. The van der Waals surface area contributed by atoms with Gasteiger partial charge in [-0.15, -0.1) is 5.10 Å². The highest BCUT2D eigenvalue weighted by Gasteiger charge is 2.29. The molecule has 27 heavy (non-hydrogen) atoms. The molecule has 0 bridgehead atoms. The number of benzene rings is 1. The summed E-state index contributed by atoms with van der Waals surface area (Å²) in [7, 11) is 0.